The predicted octanol–water partition coefficient (Wildman–Crippen LogP) is 1.31. The molecule has 1 aromatic heterocycles. The van der Waals surface area contributed by atoms with E-state index in [0.29, 0.717) is 6.04 Å². The fourth-order valence-electron chi connectivity index (χ4n) is 1.88. The van der Waals surface area contributed by atoms with Gasteiger partial charge in [-0.05, 0) is 30.5 Å². The first kappa shape index (κ1) is 9.81. The summed E-state index contributed by atoms with van der Waals surface area (Å²) in [6.07, 6.45) is 4.31. The van der Waals surface area contributed by atoms with Gasteiger partial charge in [-0.3, -0.25) is 0 Å². The summed E-state index contributed by atoms with van der Waals surface area (Å²) in [6.45, 7) is 0.851. The van der Waals surface area contributed by atoms with Crippen LogP contribution in [0.1, 0.15) is 24.4 Å². The topological polar surface area (TPSA) is 66.7 Å². The molecule has 1 aliphatic carbocycles. The molecule has 3 rings (SSSR count). The molecule has 1 heterocycles. The Labute approximate surface area is 94.3 Å². The number of aromatic nitrogens is 2. The molecular formula is C12H16N4. The van der Waals surface area contributed by atoms with Crippen LogP contribution in [0.2, 0.25) is 0 Å². The normalized spacial score (nSPS) is 17.8. The number of fused-ring (bicyclic) bond motifs is 1. The van der Waals surface area contributed by atoms with Crippen LogP contribution in [-0.2, 0) is 0 Å². The highest BCUT2D eigenvalue weighted by Crippen LogP contribution is 2.20. The van der Waals surface area contributed by atoms with Crippen LogP contribution in [0, 0.1) is 0 Å². The lowest BCUT2D eigenvalue weighted by molar-refractivity contribution is 0.595. The van der Waals surface area contributed by atoms with Crippen LogP contribution < -0.4 is 11.1 Å². The van der Waals surface area contributed by atoms with Crippen LogP contribution in [0.25, 0.3) is 11.0 Å². The molecule has 4 nitrogen and oxygen atoms in total. The first-order chi connectivity index (χ1) is 7.83. The molecule has 0 spiro atoms. The molecule has 0 amide bonds. The monoisotopic (exact) mass is 216 g/mol. The Morgan fingerprint density at radius 2 is 2.38 bits per heavy atom. The van der Waals surface area contributed by atoms with E-state index in [0.717, 1.165) is 23.1 Å². The van der Waals surface area contributed by atoms with Crippen molar-refractivity contribution in [3.8, 4) is 0 Å². The quantitative estimate of drug-likeness (QED) is 0.722. The van der Waals surface area contributed by atoms with E-state index in [1.807, 2.05) is 6.07 Å². The lowest BCUT2D eigenvalue weighted by Gasteiger charge is -2.12. The molecule has 1 fully saturated rings. The number of nitrogens with zero attached hydrogens (tertiary/aromatic N) is 1. The molecule has 0 aliphatic heterocycles. The molecule has 0 radical (unpaired) electrons. The van der Waals surface area contributed by atoms with Crippen LogP contribution in [0.5, 0.6) is 0 Å². The van der Waals surface area contributed by atoms with Gasteiger partial charge in [-0.2, -0.15) is 0 Å². The molecule has 1 unspecified atom stereocenters. The van der Waals surface area contributed by atoms with E-state index in [-0.39, 0.29) is 6.04 Å². The second-order valence-corrected chi connectivity index (χ2v) is 4.47. The van der Waals surface area contributed by atoms with Gasteiger partial charge >= 0.3 is 0 Å². The van der Waals surface area contributed by atoms with Crippen molar-refractivity contribution in [2.24, 2.45) is 5.73 Å². The SMILES string of the molecule is NC(CNC1CC1)c1ccc2nc[nH]c2c1. The zero-order valence-electron chi connectivity index (χ0n) is 9.11. The third-order valence-corrected chi connectivity index (χ3v) is 3.08. The van der Waals surface area contributed by atoms with Gasteiger partial charge in [-0.15, -0.1) is 0 Å². The summed E-state index contributed by atoms with van der Waals surface area (Å²) in [6, 6.07) is 6.93. The number of imidazole rings is 1. The highest BCUT2D eigenvalue weighted by molar-refractivity contribution is 5.75. The van der Waals surface area contributed by atoms with Gasteiger partial charge in [-0.25, -0.2) is 4.98 Å². The van der Waals surface area contributed by atoms with Crippen molar-refractivity contribution in [1.82, 2.24) is 15.3 Å². The average molecular weight is 216 g/mol. The Morgan fingerprint density at radius 3 is 3.19 bits per heavy atom. The molecule has 1 aromatic carbocycles. The van der Waals surface area contributed by atoms with Gasteiger partial charge in [0.15, 0.2) is 0 Å². The molecule has 16 heavy (non-hydrogen) atoms. The molecule has 4 heteroatoms. The van der Waals surface area contributed by atoms with Crippen molar-refractivity contribution in [1.29, 1.82) is 0 Å². The second kappa shape index (κ2) is 3.88. The highest BCUT2D eigenvalue weighted by Gasteiger charge is 2.21. The van der Waals surface area contributed by atoms with E-state index in [2.05, 4.69) is 27.4 Å². The van der Waals surface area contributed by atoms with Crippen LogP contribution in [0.3, 0.4) is 0 Å². The Morgan fingerprint density at radius 1 is 1.50 bits per heavy atom. The van der Waals surface area contributed by atoms with Crippen molar-refractivity contribution in [2.45, 2.75) is 24.9 Å². The molecule has 0 saturated heterocycles. The second-order valence-electron chi connectivity index (χ2n) is 4.47. The Hall–Kier alpha value is -1.39. The number of benzene rings is 1. The van der Waals surface area contributed by atoms with Crippen molar-refractivity contribution in [2.75, 3.05) is 6.54 Å². The highest BCUT2D eigenvalue weighted by atomic mass is 15.0. The zero-order chi connectivity index (χ0) is 11.0. The molecule has 1 atom stereocenters. The minimum absolute atomic E-state index is 0.0632. The largest absolute Gasteiger partial charge is 0.345 e. The molecule has 1 aliphatic rings. The molecule has 84 valence electrons. The number of rotatable bonds is 4. The number of hydrogen-bond donors (Lipinski definition) is 3. The number of aromatic amines is 1. The van der Waals surface area contributed by atoms with Crippen molar-refractivity contribution in [3.05, 3.63) is 30.1 Å². The Bertz CT molecular complexity index is 486. The third kappa shape index (κ3) is 1.94. The van der Waals surface area contributed by atoms with Crippen LogP contribution in [0.4, 0.5) is 0 Å². The van der Waals surface area contributed by atoms with Gasteiger partial charge in [0.25, 0.3) is 0 Å². The zero-order valence-corrected chi connectivity index (χ0v) is 9.11. The summed E-state index contributed by atoms with van der Waals surface area (Å²) in [5, 5.41) is 3.45. The lowest BCUT2D eigenvalue weighted by atomic mass is 10.1. The molecule has 2 aromatic rings. The molecule has 0 bridgehead atoms. The number of nitrogens with one attached hydrogen (secondary N) is 2. The van der Waals surface area contributed by atoms with Crippen molar-refractivity contribution >= 4 is 11.0 Å². The standard InChI is InChI=1S/C12H16N4/c13-10(6-14-9-2-3-9)8-1-4-11-12(5-8)16-7-15-11/h1,4-5,7,9-10,14H,2-3,6,13H2,(H,15,16). The van der Waals surface area contributed by atoms with Crippen LogP contribution >= 0.6 is 0 Å². The fraction of sp³-hybridized carbons (Fsp3) is 0.417. The minimum Gasteiger partial charge on any atom is -0.345 e. The van der Waals surface area contributed by atoms with Crippen LogP contribution in [-0.4, -0.2) is 22.6 Å². The summed E-state index contributed by atoms with van der Waals surface area (Å²) in [4.78, 5) is 7.30. The van der Waals surface area contributed by atoms with Gasteiger partial charge in [0, 0.05) is 18.6 Å². The fourth-order valence-corrected chi connectivity index (χ4v) is 1.88. The average Bonchev–Trinajstić information content (AvgIpc) is 3.01. The van der Waals surface area contributed by atoms with Gasteiger partial charge < -0.3 is 16.0 Å². The van der Waals surface area contributed by atoms with Gasteiger partial charge in [0.2, 0.25) is 0 Å². The number of hydrogen-bond acceptors (Lipinski definition) is 3. The van der Waals surface area contributed by atoms with E-state index < -0.39 is 0 Å². The lowest BCUT2D eigenvalue weighted by Crippen LogP contribution is -2.28. The molecule has 4 N–H and O–H groups in total. The van der Waals surface area contributed by atoms with E-state index in [1.54, 1.807) is 6.33 Å². The van der Waals surface area contributed by atoms with Crippen molar-refractivity contribution < 1.29 is 0 Å². The first-order valence-electron chi connectivity index (χ1n) is 5.75. The number of H-pyrrole nitrogens is 1. The Kier molecular flexibility index (Phi) is 2.38. The maximum absolute atomic E-state index is 6.13. The first-order valence-corrected chi connectivity index (χ1v) is 5.75. The summed E-state index contributed by atoms with van der Waals surface area (Å²) in [7, 11) is 0. The smallest absolute Gasteiger partial charge is 0.0931 e. The number of nitrogens with two attached hydrogens (primary N) is 1. The summed E-state index contributed by atoms with van der Waals surface area (Å²) in [5.41, 5.74) is 9.34. The minimum atomic E-state index is 0.0632. The van der Waals surface area contributed by atoms with Crippen LogP contribution in [0.15, 0.2) is 24.5 Å². The maximum Gasteiger partial charge on any atom is 0.0931 e. The van der Waals surface area contributed by atoms with Crippen molar-refractivity contribution in [3.63, 3.8) is 0 Å². The van der Waals surface area contributed by atoms with Gasteiger partial charge in [-0.1, -0.05) is 6.07 Å². The van der Waals surface area contributed by atoms with Gasteiger partial charge in [0.1, 0.15) is 0 Å². The molecular weight excluding hydrogens is 200 g/mol. The summed E-state index contributed by atoms with van der Waals surface area (Å²) >= 11 is 0. The summed E-state index contributed by atoms with van der Waals surface area (Å²) in [5.74, 6) is 0. The molecule has 1 saturated carbocycles. The van der Waals surface area contributed by atoms with Gasteiger partial charge in [0.05, 0.1) is 17.4 Å². The maximum atomic E-state index is 6.13. The van der Waals surface area contributed by atoms with E-state index in [4.69, 9.17) is 5.73 Å². The summed E-state index contributed by atoms with van der Waals surface area (Å²) < 4.78 is 0. The third-order valence-electron chi connectivity index (χ3n) is 3.08. The van der Waals surface area contributed by atoms with E-state index >= 15 is 0 Å². The predicted molar refractivity (Wildman–Crippen MR) is 64.0 cm³/mol. The van der Waals surface area contributed by atoms with E-state index in [9.17, 15) is 0 Å². The van der Waals surface area contributed by atoms with E-state index in [1.165, 1.54) is 12.8 Å². The Balaban J connectivity index is 1.75.